The molecule has 0 fully saturated rings. The predicted molar refractivity (Wildman–Crippen MR) is 99.1 cm³/mol. The maximum absolute atomic E-state index is 13.5. The van der Waals surface area contributed by atoms with Gasteiger partial charge in [-0.2, -0.15) is 8.78 Å². The third kappa shape index (κ3) is 4.25. The number of carbonyl (C=O) groups is 1. The van der Waals surface area contributed by atoms with E-state index in [1.54, 1.807) is 24.3 Å². The van der Waals surface area contributed by atoms with Gasteiger partial charge in [-0.25, -0.2) is 4.79 Å². The van der Waals surface area contributed by atoms with Gasteiger partial charge in [-0.15, -0.1) is 0 Å². The highest BCUT2D eigenvalue weighted by Crippen LogP contribution is 2.31. The summed E-state index contributed by atoms with van der Waals surface area (Å²) in [7, 11) is 0. The van der Waals surface area contributed by atoms with E-state index in [-0.39, 0.29) is 11.3 Å². The smallest absolute Gasteiger partial charge is 0.375 e. The Kier molecular flexibility index (Phi) is 5.54. The fourth-order valence-electron chi connectivity index (χ4n) is 2.60. The highest BCUT2D eigenvalue weighted by atomic mass is 19.3. The Morgan fingerprint density at radius 2 is 1.86 bits per heavy atom. The van der Waals surface area contributed by atoms with Crippen molar-refractivity contribution in [2.75, 3.05) is 0 Å². The molecule has 5 nitrogen and oxygen atoms in total. The van der Waals surface area contributed by atoms with Crippen molar-refractivity contribution in [2.45, 2.75) is 19.0 Å². The predicted octanol–water partition coefficient (Wildman–Crippen LogP) is 4.83. The molecule has 1 aromatic heterocycles. The van der Waals surface area contributed by atoms with Crippen LogP contribution < -0.4 is 4.74 Å². The molecule has 3 rings (SSSR count). The van der Waals surface area contributed by atoms with Crippen LogP contribution in [0.5, 0.6) is 5.75 Å². The number of benzene rings is 2. The maximum Gasteiger partial charge on any atom is 0.375 e. The van der Waals surface area contributed by atoms with Gasteiger partial charge in [0.25, 0.3) is 0 Å². The van der Waals surface area contributed by atoms with Crippen LogP contribution >= 0.6 is 0 Å². The summed E-state index contributed by atoms with van der Waals surface area (Å²) >= 11 is 0. The first-order chi connectivity index (χ1) is 13.4. The van der Waals surface area contributed by atoms with Gasteiger partial charge in [-0.05, 0) is 29.8 Å². The summed E-state index contributed by atoms with van der Waals surface area (Å²) in [6.07, 6.45) is 0.216. The van der Waals surface area contributed by atoms with E-state index in [4.69, 9.17) is 14.4 Å². The van der Waals surface area contributed by atoms with Crippen LogP contribution in [0.4, 0.5) is 8.78 Å². The summed E-state index contributed by atoms with van der Waals surface area (Å²) in [6, 6.07) is 16.6. The number of hydrogen-bond donors (Lipinski definition) is 1. The number of alkyl halides is 2. The Labute approximate surface area is 159 Å². The fourth-order valence-corrected chi connectivity index (χ4v) is 2.60. The molecule has 28 heavy (non-hydrogen) atoms. The summed E-state index contributed by atoms with van der Waals surface area (Å²) in [6.45, 7) is 4.00. The normalized spacial score (nSPS) is 11.2. The van der Waals surface area contributed by atoms with E-state index in [0.717, 1.165) is 5.56 Å². The van der Waals surface area contributed by atoms with E-state index in [1.807, 2.05) is 30.3 Å². The molecule has 3 aromatic rings. The standard InChI is InChI=1S/C21H17F2NO4/c1-2-17-18(12-21(22,23)20(25)26)28-24-19(17)15-8-10-16(11-9-15)27-13-14-6-4-3-5-7-14/h2-11H,1,12-13H2,(H,25,26). The van der Waals surface area contributed by atoms with E-state index >= 15 is 0 Å². The minimum absolute atomic E-state index is 0.234. The fraction of sp³-hybridized carbons (Fsp3) is 0.143. The quantitative estimate of drug-likeness (QED) is 0.602. The molecular formula is C21H17F2NO4. The van der Waals surface area contributed by atoms with Gasteiger partial charge < -0.3 is 14.4 Å². The second-order valence-corrected chi connectivity index (χ2v) is 6.06. The molecule has 1 heterocycles. The van der Waals surface area contributed by atoms with Crippen molar-refractivity contribution in [3.63, 3.8) is 0 Å². The summed E-state index contributed by atoms with van der Waals surface area (Å²) in [5.41, 5.74) is 2.18. The van der Waals surface area contributed by atoms with E-state index in [1.165, 1.54) is 6.08 Å². The summed E-state index contributed by atoms with van der Waals surface area (Å²) in [5, 5.41) is 12.4. The lowest BCUT2D eigenvalue weighted by molar-refractivity contribution is -0.165. The molecule has 0 aliphatic carbocycles. The molecule has 0 amide bonds. The molecule has 0 atom stereocenters. The summed E-state index contributed by atoms with van der Waals surface area (Å²) in [5.74, 6) is -5.78. The molecule has 0 unspecified atom stereocenters. The van der Waals surface area contributed by atoms with Crippen LogP contribution in [-0.4, -0.2) is 22.2 Å². The Balaban J connectivity index is 1.76. The topological polar surface area (TPSA) is 72.6 Å². The molecule has 0 aliphatic rings. The van der Waals surface area contributed by atoms with Crippen molar-refractivity contribution < 1.29 is 27.9 Å². The second kappa shape index (κ2) is 8.04. The van der Waals surface area contributed by atoms with Gasteiger partial charge in [0.2, 0.25) is 0 Å². The van der Waals surface area contributed by atoms with Crippen molar-refractivity contribution in [2.24, 2.45) is 0 Å². The van der Waals surface area contributed by atoms with Crippen LogP contribution in [0.25, 0.3) is 17.3 Å². The minimum atomic E-state index is -3.95. The molecular weight excluding hydrogens is 368 g/mol. The number of halogens is 2. The third-order valence-corrected chi connectivity index (χ3v) is 4.08. The van der Waals surface area contributed by atoms with Crippen molar-refractivity contribution >= 4 is 12.0 Å². The van der Waals surface area contributed by atoms with Gasteiger partial charge >= 0.3 is 11.9 Å². The molecule has 1 N–H and O–H groups in total. The van der Waals surface area contributed by atoms with Gasteiger partial charge in [0.1, 0.15) is 18.1 Å². The largest absolute Gasteiger partial charge is 0.489 e. The maximum atomic E-state index is 13.5. The molecule has 0 bridgehead atoms. The Hall–Kier alpha value is -3.48. The van der Waals surface area contributed by atoms with Crippen molar-refractivity contribution in [1.29, 1.82) is 0 Å². The average molecular weight is 385 g/mol. The van der Waals surface area contributed by atoms with Gasteiger partial charge in [0.15, 0.2) is 5.76 Å². The molecule has 0 saturated heterocycles. The van der Waals surface area contributed by atoms with Crippen LogP contribution in [0.15, 0.2) is 65.7 Å². The lowest BCUT2D eigenvalue weighted by Crippen LogP contribution is -2.30. The number of aliphatic carboxylic acids is 1. The first-order valence-corrected chi connectivity index (χ1v) is 8.40. The zero-order chi connectivity index (χ0) is 20.1. The zero-order valence-electron chi connectivity index (χ0n) is 14.8. The minimum Gasteiger partial charge on any atom is -0.489 e. The first kappa shape index (κ1) is 19.3. The van der Waals surface area contributed by atoms with Gasteiger partial charge in [-0.3, -0.25) is 0 Å². The number of ether oxygens (including phenoxy) is 1. The number of aromatic nitrogens is 1. The number of nitrogens with zero attached hydrogens (tertiary/aromatic N) is 1. The number of rotatable bonds is 8. The molecule has 0 spiro atoms. The van der Waals surface area contributed by atoms with Gasteiger partial charge in [0.05, 0.1) is 6.42 Å². The number of carboxylic acid groups (broad SMARTS) is 1. The highest BCUT2D eigenvalue weighted by Gasteiger charge is 2.41. The van der Waals surface area contributed by atoms with Crippen molar-refractivity contribution in [1.82, 2.24) is 5.16 Å². The summed E-state index contributed by atoms with van der Waals surface area (Å²) < 4.78 is 37.7. The molecule has 0 radical (unpaired) electrons. The van der Waals surface area contributed by atoms with Gasteiger partial charge in [0, 0.05) is 11.1 Å². The van der Waals surface area contributed by atoms with Crippen molar-refractivity contribution in [3.05, 3.63) is 78.1 Å². The van der Waals surface area contributed by atoms with E-state index in [9.17, 15) is 13.6 Å². The van der Waals surface area contributed by atoms with E-state index in [0.29, 0.717) is 23.6 Å². The van der Waals surface area contributed by atoms with Crippen LogP contribution in [0, 0.1) is 0 Å². The number of carboxylic acids is 1. The van der Waals surface area contributed by atoms with Crippen molar-refractivity contribution in [3.8, 4) is 17.0 Å². The molecule has 0 saturated carbocycles. The van der Waals surface area contributed by atoms with E-state index < -0.39 is 18.3 Å². The average Bonchev–Trinajstić information content (AvgIpc) is 3.09. The Morgan fingerprint density at radius 1 is 1.18 bits per heavy atom. The zero-order valence-corrected chi connectivity index (χ0v) is 14.8. The van der Waals surface area contributed by atoms with Gasteiger partial charge in [-0.1, -0.05) is 48.1 Å². The molecule has 7 heteroatoms. The van der Waals surface area contributed by atoms with Crippen LogP contribution in [0.3, 0.4) is 0 Å². The highest BCUT2D eigenvalue weighted by molar-refractivity contribution is 5.77. The Morgan fingerprint density at radius 3 is 2.46 bits per heavy atom. The monoisotopic (exact) mass is 385 g/mol. The van der Waals surface area contributed by atoms with Crippen LogP contribution in [0.1, 0.15) is 16.9 Å². The first-order valence-electron chi connectivity index (χ1n) is 8.40. The summed E-state index contributed by atoms with van der Waals surface area (Å²) in [4.78, 5) is 10.7. The molecule has 0 aliphatic heterocycles. The Bertz CT molecular complexity index is 966. The van der Waals surface area contributed by atoms with Crippen LogP contribution in [-0.2, 0) is 17.8 Å². The third-order valence-electron chi connectivity index (χ3n) is 4.08. The number of hydrogen-bond acceptors (Lipinski definition) is 4. The lowest BCUT2D eigenvalue weighted by Gasteiger charge is -2.09. The SMILES string of the molecule is C=Cc1c(-c2ccc(OCc3ccccc3)cc2)noc1CC(F)(F)C(=O)O. The van der Waals surface area contributed by atoms with E-state index in [2.05, 4.69) is 11.7 Å². The molecule has 2 aromatic carbocycles. The molecule has 144 valence electrons. The lowest BCUT2D eigenvalue weighted by atomic mass is 10.0. The second-order valence-electron chi connectivity index (χ2n) is 6.06. The van der Waals surface area contributed by atoms with Crippen LogP contribution in [0.2, 0.25) is 0 Å².